The van der Waals surface area contributed by atoms with E-state index in [4.69, 9.17) is 4.42 Å². The molecule has 0 spiro atoms. The zero-order valence-corrected chi connectivity index (χ0v) is 34.6. The van der Waals surface area contributed by atoms with Gasteiger partial charge in [-0.1, -0.05) is 203 Å². The molecule has 1 heterocycles. The van der Waals surface area contributed by atoms with Crippen LogP contribution in [0.15, 0.2) is 223 Å². The fourth-order valence-corrected chi connectivity index (χ4v) is 9.87. The Hall–Kier alpha value is -7.42. The van der Waals surface area contributed by atoms with E-state index < -0.39 is 5.41 Å². The minimum Gasteiger partial charge on any atom is -0.455 e. The van der Waals surface area contributed by atoms with Crippen LogP contribution in [-0.4, -0.2) is 0 Å². The third-order valence-electron chi connectivity index (χ3n) is 12.7. The molecule has 292 valence electrons. The maximum Gasteiger partial charge on any atom is 0.145 e. The van der Waals surface area contributed by atoms with Gasteiger partial charge in [-0.05, 0) is 91.9 Å². The summed E-state index contributed by atoms with van der Waals surface area (Å²) in [4.78, 5) is 2.50. The Morgan fingerprint density at radius 1 is 0.443 bits per heavy atom. The number of fused-ring (bicyclic) bond motifs is 7. The number of benzene rings is 9. The third-order valence-corrected chi connectivity index (χ3v) is 12.7. The second kappa shape index (κ2) is 14.4. The molecule has 0 saturated carbocycles. The van der Waals surface area contributed by atoms with Crippen LogP contribution in [0.25, 0.3) is 55.3 Å². The van der Waals surface area contributed by atoms with Crippen LogP contribution in [0.2, 0.25) is 0 Å². The SMILES string of the molecule is CC(C)(C)c1ccc(N(c2ccc(-c3ccccc3)cc2-c2ccccc2)c2cc3c(c4oc5ccccc5c24)-c2ccccc2C3(c2ccccc2)c2ccccc2)cc1. The molecule has 0 unspecified atom stereocenters. The molecule has 0 atom stereocenters. The topological polar surface area (TPSA) is 16.4 Å². The van der Waals surface area contributed by atoms with Gasteiger partial charge in [0.2, 0.25) is 0 Å². The van der Waals surface area contributed by atoms with Gasteiger partial charge >= 0.3 is 0 Å². The Kier molecular flexibility index (Phi) is 8.65. The van der Waals surface area contributed by atoms with Crippen LogP contribution >= 0.6 is 0 Å². The number of para-hydroxylation sites is 1. The molecular weight excluding hydrogens is 739 g/mol. The van der Waals surface area contributed by atoms with E-state index in [0.717, 1.165) is 55.7 Å². The summed E-state index contributed by atoms with van der Waals surface area (Å²) < 4.78 is 7.21. The monoisotopic (exact) mass is 783 g/mol. The molecule has 11 rings (SSSR count). The Morgan fingerprint density at radius 3 is 1.67 bits per heavy atom. The molecular formula is C59H45NO. The molecule has 0 bridgehead atoms. The van der Waals surface area contributed by atoms with Crippen molar-refractivity contribution in [3.05, 3.63) is 246 Å². The predicted octanol–water partition coefficient (Wildman–Crippen LogP) is 16.1. The molecule has 9 aromatic carbocycles. The van der Waals surface area contributed by atoms with Gasteiger partial charge in [0.1, 0.15) is 11.2 Å². The first-order chi connectivity index (χ1) is 29.9. The van der Waals surface area contributed by atoms with Crippen molar-refractivity contribution in [3.8, 4) is 33.4 Å². The van der Waals surface area contributed by atoms with E-state index in [-0.39, 0.29) is 5.41 Å². The minimum absolute atomic E-state index is 0.00572. The van der Waals surface area contributed by atoms with Gasteiger partial charge in [0.05, 0.1) is 22.2 Å². The number of rotatable bonds is 7. The molecule has 1 aromatic heterocycles. The maximum atomic E-state index is 7.21. The lowest BCUT2D eigenvalue weighted by Gasteiger charge is -2.35. The van der Waals surface area contributed by atoms with Gasteiger partial charge < -0.3 is 9.32 Å². The van der Waals surface area contributed by atoms with E-state index in [2.05, 4.69) is 244 Å². The van der Waals surface area contributed by atoms with Gasteiger partial charge in [-0.2, -0.15) is 0 Å². The van der Waals surface area contributed by atoms with Crippen LogP contribution in [0.4, 0.5) is 17.1 Å². The van der Waals surface area contributed by atoms with Crippen LogP contribution in [0.1, 0.15) is 48.6 Å². The lowest BCUT2D eigenvalue weighted by Crippen LogP contribution is -2.28. The van der Waals surface area contributed by atoms with Crippen molar-refractivity contribution >= 4 is 39.0 Å². The largest absolute Gasteiger partial charge is 0.455 e. The predicted molar refractivity (Wildman–Crippen MR) is 255 cm³/mol. The summed E-state index contributed by atoms with van der Waals surface area (Å²) in [5, 5.41) is 2.18. The van der Waals surface area contributed by atoms with Crippen molar-refractivity contribution in [3.63, 3.8) is 0 Å². The van der Waals surface area contributed by atoms with E-state index in [1.165, 1.54) is 44.5 Å². The summed E-state index contributed by atoms with van der Waals surface area (Å²) in [7, 11) is 0. The van der Waals surface area contributed by atoms with Crippen LogP contribution in [0, 0.1) is 0 Å². The zero-order valence-electron chi connectivity index (χ0n) is 34.6. The maximum absolute atomic E-state index is 7.21. The van der Waals surface area contributed by atoms with E-state index in [1.807, 2.05) is 0 Å². The highest BCUT2D eigenvalue weighted by Crippen LogP contribution is 2.61. The second-order valence-corrected chi connectivity index (χ2v) is 17.2. The Labute approximate surface area is 358 Å². The highest BCUT2D eigenvalue weighted by atomic mass is 16.3. The van der Waals surface area contributed by atoms with E-state index in [0.29, 0.717) is 0 Å². The number of anilines is 3. The molecule has 0 radical (unpaired) electrons. The van der Waals surface area contributed by atoms with Gasteiger partial charge in [-0.25, -0.2) is 0 Å². The minimum atomic E-state index is -0.627. The van der Waals surface area contributed by atoms with Crippen LogP contribution in [-0.2, 0) is 10.8 Å². The quantitative estimate of drug-likeness (QED) is 0.160. The summed E-state index contributed by atoms with van der Waals surface area (Å²) in [6.45, 7) is 6.84. The van der Waals surface area contributed by atoms with E-state index in [9.17, 15) is 0 Å². The van der Waals surface area contributed by atoms with E-state index in [1.54, 1.807) is 0 Å². The molecule has 61 heavy (non-hydrogen) atoms. The molecule has 0 amide bonds. The molecule has 10 aromatic rings. The van der Waals surface area contributed by atoms with Crippen LogP contribution in [0.3, 0.4) is 0 Å². The molecule has 0 N–H and O–H groups in total. The van der Waals surface area contributed by atoms with Gasteiger partial charge in [0, 0.05) is 22.2 Å². The molecule has 0 fully saturated rings. The lowest BCUT2D eigenvalue weighted by atomic mass is 9.67. The van der Waals surface area contributed by atoms with E-state index >= 15 is 0 Å². The fraction of sp³-hybridized carbons (Fsp3) is 0.0847. The lowest BCUT2D eigenvalue weighted by molar-refractivity contribution is 0.590. The summed E-state index contributed by atoms with van der Waals surface area (Å²) in [5.41, 5.74) is 17.5. The summed E-state index contributed by atoms with van der Waals surface area (Å²) in [6, 6.07) is 79.8. The van der Waals surface area contributed by atoms with Gasteiger partial charge in [0.25, 0.3) is 0 Å². The van der Waals surface area contributed by atoms with Crippen LogP contribution in [0.5, 0.6) is 0 Å². The highest BCUT2D eigenvalue weighted by Gasteiger charge is 2.48. The average molecular weight is 784 g/mol. The first kappa shape index (κ1) is 36.6. The number of hydrogen-bond donors (Lipinski definition) is 0. The molecule has 1 aliphatic rings. The van der Waals surface area contributed by atoms with Crippen molar-refractivity contribution in [1.29, 1.82) is 0 Å². The average Bonchev–Trinajstić information content (AvgIpc) is 3.85. The summed E-state index contributed by atoms with van der Waals surface area (Å²) >= 11 is 0. The van der Waals surface area contributed by atoms with Crippen molar-refractivity contribution in [2.45, 2.75) is 31.6 Å². The molecule has 0 saturated heterocycles. The Morgan fingerprint density at radius 2 is 1.02 bits per heavy atom. The molecule has 0 aliphatic heterocycles. The van der Waals surface area contributed by atoms with Crippen molar-refractivity contribution in [2.75, 3.05) is 4.90 Å². The zero-order chi connectivity index (χ0) is 41.1. The standard InChI is InChI=1S/C59H45NO/c1-58(2,3)43-33-35-46(36-34-43)60(52-37-32-42(40-20-8-4-9-21-40)38-49(52)41-22-10-5-11-23-41)53-39-51-55(57-56(53)48-29-17-19-31-54(48)61-57)47-28-16-18-30-50(47)59(51,44-24-12-6-13-25-44)45-26-14-7-15-27-45/h4-39H,1-3H3. The first-order valence-electron chi connectivity index (χ1n) is 21.3. The van der Waals surface area contributed by atoms with Crippen LogP contribution < -0.4 is 4.90 Å². The van der Waals surface area contributed by atoms with Gasteiger partial charge in [-0.15, -0.1) is 0 Å². The number of hydrogen-bond acceptors (Lipinski definition) is 2. The fourth-order valence-electron chi connectivity index (χ4n) is 9.87. The van der Waals surface area contributed by atoms with Gasteiger partial charge in [0.15, 0.2) is 0 Å². The van der Waals surface area contributed by atoms with Crippen molar-refractivity contribution < 1.29 is 4.42 Å². The normalized spacial score (nSPS) is 13.0. The van der Waals surface area contributed by atoms with Gasteiger partial charge in [-0.3, -0.25) is 0 Å². The Balaban J connectivity index is 1.31. The Bertz CT molecular complexity index is 3160. The first-order valence-corrected chi connectivity index (χ1v) is 21.3. The van der Waals surface area contributed by atoms with Crippen molar-refractivity contribution in [1.82, 2.24) is 0 Å². The third kappa shape index (κ3) is 5.85. The number of nitrogens with zero attached hydrogens (tertiary/aromatic N) is 1. The highest BCUT2D eigenvalue weighted by molar-refractivity contribution is 6.19. The number of furan rings is 1. The summed E-state index contributed by atoms with van der Waals surface area (Å²) in [5.74, 6) is 0. The summed E-state index contributed by atoms with van der Waals surface area (Å²) in [6.07, 6.45) is 0. The van der Waals surface area contributed by atoms with Crippen molar-refractivity contribution in [2.24, 2.45) is 0 Å². The molecule has 1 aliphatic carbocycles. The molecule has 2 heteroatoms. The smallest absolute Gasteiger partial charge is 0.145 e. The second-order valence-electron chi connectivity index (χ2n) is 17.2. The molecule has 2 nitrogen and oxygen atoms in total.